The van der Waals surface area contributed by atoms with E-state index >= 15 is 0 Å². The predicted molar refractivity (Wildman–Crippen MR) is 132 cm³/mol. The van der Waals surface area contributed by atoms with E-state index in [-0.39, 0.29) is 0 Å². The SMILES string of the molecule is C/C=C\C(=C/C(C)C(/C=C\C)=C(/C)Cc1ccc(N(C)C)cc1)C/C=C\PC. The van der Waals surface area contributed by atoms with Crippen LogP contribution < -0.4 is 4.90 Å². The van der Waals surface area contributed by atoms with Crippen LogP contribution in [-0.2, 0) is 6.42 Å². The monoisotopic (exact) mass is 395 g/mol. The number of allylic oxidation sites excluding steroid dienone is 9. The molecular formula is C26H38NP. The fourth-order valence-electron chi connectivity index (χ4n) is 3.31. The van der Waals surface area contributed by atoms with Crippen molar-refractivity contribution in [1.29, 1.82) is 0 Å². The summed E-state index contributed by atoms with van der Waals surface area (Å²) < 4.78 is 0. The molecule has 0 amide bonds. The van der Waals surface area contributed by atoms with Gasteiger partial charge >= 0.3 is 0 Å². The van der Waals surface area contributed by atoms with Gasteiger partial charge < -0.3 is 4.90 Å². The van der Waals surface area contributed by atoms with Crippen LogP contribution >= 0.6 is 8.58 Å². The Morgan fingerprint density at radius 1 is 1.07 bits per heavy atom. The maximum Gasteiger partial charge on any atom is 0.0361 e. The maximum absolute atomic E-state index is 2.41. The van der Waals surface area contributed by atoms with E-state index in [0.29, 0.717) is 5.92 Å². The van der Waals surface area contributed by atoms with E-state index in [4.69, 9.17) is 0 Å². The van der Waals surface area contributed by atoms with Gasteiger partial charge in [0, 0.05) is 19.8 Å². The second kappa shape index (κ2) is 13.3. The smallest absolute Gasteiger partial charge is 0.0361 e. The third-order valence-electron chi connectivity index (χ3n) is 4.73. The summed E-state index contributed by atoms with van der Waals surface area (Å²) in [6, 6.07) is 8.89. The lowest BCUT2D eigenvalue weighted by Crippen LogP contribution is -2.08. The zero-order valence-electron chi connectivity index (χ0n) is 18.8. The quantitative estimate of drug-likeness (QED) is 0.292. The lowest BCUT2D eigenvalue weighted by atomic mass is 9.90. The van der Waals surface area contributed by atoms with Crippen LogP contribution in [0, 0.1) is 5.92 Å². The van der Waals surface area contributed by atoms with Crippen molar-refractivity contribution in [3.8, 4) is 0 Å². The van der Waals surface area contributed by atoms with Crippen LogP contribution in [0.25, 0.3) is 0 Å². The molecular weight excluding hydrogens is 357 g/mol. The van der Waals surface area contributed by atoms with Gasteiger partial charge in [-0.05, 0) is 75.0 Å². The van der Waals surface area contributed by atoms with Crippen molar-refractivity contribution in [3.63, 3.8) is 0 Å². The number of nitrogens with zero attached hydrogens (tertiary/aromatic N) is 1. The molecule has 0 aliphatic rings. The van der Waals surface area contributed by atoms with Crippen LogP contribution in [-0.4, -0.2) is 20.8 Å². The lowest BCUT2D eigenvalue weighted by Gasteiger charge is -2.16. The van der Waals surface area contributed by atoms with Gasteiger partial charge in [-0.1, -0.05) is 66.9 Å². The molecule has 2 unspecified atom stereocenters. The van der Waals surface area contributed by atoms with Crippen LogP contribution in [0.2, 0.25) is 0 Å². The second-order valence-corrected chi connectivity index (χ2v) is 8.31. The molecule has 28 heavy (non-hydrogen) atoms. The molecule has 0 bridgehead atoms. The molecule has 1 rings (SSSR count). The minimum absolute atomic E-state index is 0.390. The average molecular weight is 396 g/mol. The number of anilines is 1. The summed E-state index contributed by atoms with van der Waals surface area (Å²) in [6.45, 7) is 11.0. The van der Waals surface area contributed by atoms with Gasteiger partial charge in [0.1, 0.15) is 0 Å². The highest BCUT2D eigenvalue weighted by Crippen LogP contribution is 2.25. The molecule has 0 saturated carbocycles. The van der Waals surface area contributed by atoms with Gasteiger partial charge in [0.05, 0.1) is 0 Å². The number of benzene rings is 1. The summed E-state index contributed by atoms with van der Waals surface area (Å²) in [5, 5.41) is 0. The Labute approximate surface area is 175 Å². The summed E-state index contributed by atoms with van der Waals surface area (Å²) in [5.74, 6) is 2.66. The van der Waals surface area contributed by atoms with Crippen LogP contribution in [0.1, 0.15) is 39.7 Å². The Balaban J connectivity index is 3.09. The van der Waals surface area contributed by atoms with Gasteiger partial charge in [0.2, 0.25) is 0 Å². The van der Waals surface area contributed by atoms with Crippen molar-refractivity contribution in [3.05, 3.63) is 88.8 Å². The number of hydrogen-bond acceptors (Lipinski definition) is 1. The molecule has 1 aromatic carbocycles. The van der Waals surface area contributed by atoms with Crippen molar-refractivity contribution in [1.82, 2.24) is 0 Å². The molecule has 0 saturated heterocycles. The Hall–Kier alpha value is -1.85. The molecule has 152 valence electrons. The van der Waals surface area contributed by atoms with E-state index in [1.165, 1.54) is 28.0 Å². The van der Waals surface area contributed by atoms with Crippen molar-refractivity contribution >= 4 is 14.3 Å². The Kier molecular flexibility index (Phi) is 11.5. The van der Waals surface area contributed by atoms with Crippen LogP contribution in [0.3, 0.4) is 0 Å². The molecule has 0 spiro atoms. The van der Waals surface area contributed by atoms with Gasteiger partial charge in [-0.25, -0.2) is 0 Å². The van der Waals surface area contributed by atoms with Gasteiger partial charge in [-0.15, -0.1) is 8.58 Å². The zero-order valence-corrected chi connectivity index (χ0v) is 19.8. The summed E-state index contributed by atoms with van der Waals surface area (Å²) >= 11 is 0. The van der Waals surface area contributed by atoms with Gasteiger partial charge in [0.15, 0.2) is 0 Å². The highest BCUT2D eigenvalue weighted by atomic mass is 31.1. The highest BCUT2D eigenvalue weighted by Gasteiger charge is 2.09. The Morgan fingerprint density at radius 2 is 1.71 bits per heavy atom. The summed E-state index contributed by atoms with van der Waals surface area (Å²) in [6.07, 6.45) is 15.5. The minimum Gasteiger partial charge on any atom is -0.378 e. The molecule has 2 heteroatoms. The van der Waals surface area contributed by atoms with E-state index in [2.05, 4.69) is 120 Å². The fourth-order valence-corrected chi connectivity index (χ4v) is 3.67. The lowest BCUT2D eigenvalue weighted by molar-refractivity contribution is 0.851. The summed E-state index contributed by atoms with van der Waals surface area (Å²) in [7, 11) is 5.03. The molecule has 0 fully saturated rings. The Morgan fingerprint density at radius 3 is 2.25 bits per heavy atom. The van der Waals surface area contributed by atoms with Crippen LogP contribution in [0.4, 0.5) is 5.69 Å². The molecule has 0 heterocycles. The van der Waals surface area contributed by atoms with E-state index in [0.717, 1.165) is 21.4 Å². The number of rotatable bonds is 10. The summed E-state index contributed by atoms with van der Waals surface area (Å²) in [4.78, 5) is 2.14. The minimum atomic E-state index is 0.390. The van der Waals surface area contributed by atoms with Crippen molar-refractivity contribution in [2.75, 3.05) is 25.7 Å². The van der Waals surface area contributed by atoms with Crippen LogP contribution in [0.5, 0.6) is 0 Å². The van der Waals surface area contributed by atoms with Gasteiger partial charge in [-0.3, -0.25) is 0 Å². The maximum atomic E-state index is 2.41. The Bertz CT molecular complexity index is 730. The summed E-state index contributed by atoms with van der Waals surface area (Å²) in [5.41, 5.74) is 6.84. The first-order chi connectivity index (χ1) is 13.4. The van der Waals surface area contributed by atoms with E-state index in [9.17, 15) is 0 Å². The molecule has 0 aromatic heterocycles. The van der Waals surface area contributed by atoms with E-state index < -0.39 is 0 Å². The molecule has 1 nitrogen and oxygen atoms in total. The van der Waals surface area contributed by atoms with E-state index in [1.54, 1.807) is 0 Å². The molecule has 0 aliphatic carbocycles. The standard InChI is InChI=1S/C26H38NP/c1-8-11-23(13-10-18-28-7)19-21(3)26(12-9-2)22(4)20-24-14-16-25(17-15-24)27(5)6/h8-12,14-19,21,28H,13,20H2,1-7H3/b11-8-,12-9-,18-10-,23-19+,26-22-. The highest BCUT2D eigenvalue weighted by molar-refractivity contribution is 7.40. The molecule has 2 atom stereocenters. The third kappa shape index (κ3) is 8.44. The van der Waals surface area contributed by atoms with Gasteiger partial charge in [-0.2, -0.15) is 0 Å². The molecule has 0 aliphatic heterocycles. The normalized spacial score (nSPS) is 15.3. The molecule has 0 radical (unpaired) electrons. The van der Waals surface area contributed by atoms with Crippen molar-refractivity contribution < 1.29 is 0 Å². The first-order valence-electron chi connectivity index (χ1n) is 10.2. The van der Waals surface area contributed by atoms with Crippen molar-refractivity contribution in [2.45, 2.75) is 40.5 Å². The zero-order chi connectivity index (χ0) is 20.9. The van der Waals surface area contributed by atoms with E-state index in [1.807, 2.05) is 0 Å². The van der Waals surface area contributed by atoms with Crippen LogP contribution in [0.15, 0.2) is 83.3 Å². The van der Waals surface area contributed by atoms with Gasteiger partial charge in [0.25, 0.3) is 0 Å². The topological polar surface area (TPSA) is 3.24 Å². The van der Waals surface area contributed by atoms with Crippen molar-refractivity contribution in [2.24, 2.45) is 5.92 Å². The predicted octanol–water partition coefficient (Wildman–Crippen LogP) is 7.54. The molecule has 1 aromatic rings. The average Bonchev–Trinajstić information content (AvgIpc) is 2.66. The largest absolute Gasteiger partial charge is 0.378 e. The number of hydrogen-bond donors (Lipinski definition) is 0. The second-order valence-electron chi connectivity index (χ2n) is 7.40. The molecule has 0 N–H and O–H groups in total. The first-order valence-corrected chi connectivity index (χ1v) is 11.7. The third-order valence-corrected chi connectivity index (χ3v) is 5.30. The first kappa shape index (κ1) is 24.2. The fraction of sp³-hybridized carbons (Fsp3) is 0.385.